The van der Waals surface area contributed by atoms with Gasteiger partial charge in [0, 0.05) is 24.4 Å². The number of benzene rings is 3. The molecule has 0 unspecified atom stereocenters. The van der Waals surface area contributed by atoms with Crippen LogP contribution in [0.3, 0.4) is 0 Å². The summed E-state index contributed by atoms with van der Waals surface area (Å²) in [4.78, 5) is 21.2. The molecule has 2 aromatic heterocycles. The van der Waals surface area contributed by atoms with E-state index in [1.54, 1.807) is 26.0 Å². The van der Waals surface area contributed by atoms with Crippen LogP contribution < -0.4 is 9.47 Å². The minimum atomic E-state index is -4.78. The van der Waals surface area contributed by atoms with Crippen LogP contribution in [-0.4, -0.2) is 32.0 Å². The maximum absolute atomic E-state index is 12.5. The molecule has 0 radical (unpaired) electrons. The fourth-order valence-electron chi connectivity index (χ4n) is 4.36. The molecule has 40 heavy (non-hydrogen) atoms. The zero-order valence-electron chi connectivity index (χ0n) is 21.8. The summed E-state index contributed by atoms with van der Waals surface area (Å²) >= 11 is 0. The van der Waals surface area contributed by atoms with Crippen LogP contribution in [0.1, 0.15) is 30.9 Å². The van der Waals surface area contributed by atoms with E-state index in [1.165, 1.54) is 24.3 Å². The lowest BCUT2D eigenvalue weighted by Gasteiger charge is -2.19. The van der Waals surface area contributed by atoms with Crippen molar-refractivity contribution in [2.24, 2.45) is 5.41 Å². The fraction of sp³-hybridized carbons (Fsp3) is 0.233. The van der Waals surface area contributed by atoms with E-state index in [-0.39, 0.29) is 25.3 Å². The number of nitrogens with zero attached hydrogens (tertiary/aromatic N) is 3. The van der Waals surface area contributed by atoms with Gasteiger partial charge in [-0.05, 0) is 55.8 Å². The molecular formula is C30H26F3N3O4. The second-order valence-electron chi connectivity index (χ2n) is 10.1. The molecule has 0 atom stereocenters. The van der Waals surface area contributed by atoms with Crippen LogP contribution in [0.2, 0.25) is 0 Å². The number of ether oxygens (including phenoxy) is 2. The molecule has 0 spiro atoms. The Hall–Kier alpha value is -4.60. The van der Waals surface area contributed by atoms with Gasteiger partial charge < -0.3 is 19.1 Å². The average Bonchev–Trinajstić information content (AvgIpc) is 3.22. The van der Waals surface area contributed by atoms with Crippen molar-refractivity contribution in [3.63, 3.8) is 0 Å². The highest BCUT2D eigenvalue weighted by Gasteiger charge is 2.31. The summed E-state index contributed by atoms with van der Waals surface area (Å²) in [5.74, 6) is -0.176. The van der Waals surface area contributed by atoms with Gasteiger partial charge in [-0.15, -0.1) is 13.2 Å². The number of pyridine rings is 1. The Balaban J connectivity index is 1.42. The minimum absolute atomic E-state index is 0.142. The van der Waals surface area contributed by atoms with Gasteiger partial charge in [-0.25, -0.2) is 9.97 Å². The Kier molecular flexibility index (Phi) is 7.10. The smallest absolute Gasteiger partial charge is 0.487 e. The van der Waals surface area contributed by atoms with Crippen molar-refractivity contribution in [2.45, 2.75) is 39.8 Å². The number of fused-ring (bicyclic) bond motifs is 2. The lowest BCUT2D eigenvalue weighted by Crippen LogP contribution is -2.27. The first-order valence-corrected chi connectivity index (χ1v) is 12.5. The second-order valence-corrected chi connectivity index (χ2v) is 10.1. The Morgan fingerprint density at radius 1 is 0.900 bits per heavy atom. The van der Waals surface area contributed by atoms with E-state index >= 15 is 0 Å². The number of carbonyl (C=O) groups is 1. The van der Waals surface area contributed by atoms with Crippen molar-refractivity contribution >= 4 is 27.9 Å². The van der Waals surface area contributed by atoms with Gasteiger partial charge in [-0.3, -0.25) is 4.79 Å². The number of hydrogen-bond acceptors (Lipinski definition) is 5. The van der Waals surface area contributed by atoms with Crippen LogP contribution in [-0.2, 0) is 24.4 Å². The quantitative estimate of drug-likeness (QED) is 0.219. The molecule has 206 valence electrons. The summed E-state index contributed by atoms with van der Waals surface area (Å²) < 4.78 is 49.5. The van der Waals surface area contributed by atoms with E-state index in [1.807, 2.05) is 47.0 Å². The second kappa shape index (κ2) is 10.5. The van der Waals surface area contributed by atoms with Gasteiger partial charge in [0.2, 0.25) is 0 Å². The van der Waals surface area contributed by atoms with Gasteiger partial charge in [-0.1, -0.05) is 36.4 Å². The molecule has 7 nitrogen and oxygen atoms in total. The van der Waals surface area contributed by atoms with Crippen LogP contribution in [0.5, 0.6) is 11.5 Å². The number of para-hydroxylation sites is 1. The van der Waals surface area contributed by atoms with Gasteiger partial charge in [0.1, 0.15) is 23.9 Å². The highest BCUT2D eigenvalue weighted by Crippen LogP contribution is 2.29. The molecule has 0 aliphatic rings. The van der Waals surface area contributed by atoms with Gasteiger partial charge in [0.05, 0.1) is 27.7 Å². The molecule has 0 amide bonds. The third-order valence-electron chi connectivity index (χ3n) is 6.52. The highest BCUT2D eigenvalue weighted by molar-refractivity contribution is 5.79. The average molecular weight is 550 g/mol. The SMILES string of the molecule is CC(C)(Cc1nc2cc(OCc3ccc4ccccc4n3)ccc2n1Cc1ccc(OC(F)(F)F)cc1)C(=O)O. The van der Waals surface area contributed by atoms with E-state index in [0.717, 1.165) is 22.1 Å². The van der Waals surface area contributed by atoms with Crippen molar-refractivity contribution in [3.05, 3.63) is 95.9 Å². The maximum Gasteiger partial charge on any atom is 0.573 e. The number of imidazole rings is 1. The number of carboxylic acids is 1. The first-order chi connectivity index (χ1) is 19.0. The normalized spacial score (nSPS) is 12.1. The molecule has 1 N–H and O–H groups in total. The maximum atomic E-state index is 12.5. The Morgan fingerprint density at radius 2 is 1.62 bits per heavy atom. The molecule has 3 aromatic carbocycles. The van der Waals surface area contributed by atoms with Crippen LogP contribution in [0.4, 0.5) is 13.2 Å². The predicted octanol–water partition coefficient (Wildman–Crippen LogP) is 6.76. The molecule has 0 saturated carbocycles. The van der Waals surface area contributed by atoms with Crippen LogP contribution in [0.25, 0.3) is 21.9 Å². The summed E-state index contributed by atoms with van der Waals surface area (Å²) in [6.07, 6.45) is -4.63. The van der Waals surface area contributed by atoms with Crippen LogP contribution in [0, 0.1) is 5.41 Å². The Labute approximate surface area is 227 Å². The zero-order valence-corrected chi connectivity index (χ0v) is 21.8. The fourth-order valence-corrected chi connectivity index (χ4v) is 4.36. The molecule has 0 aliphatic heterocycles. The van der Waals surface area contributed by atoms with Crippen molar-refractivity contribution in [2.75, 3.05) is 0 Å². The zero-order chi connectivity index (χ0) is 28.5. The van der Waals surface area contributed by atoms with E-state index < -0.39 is 17.7 Å². The van der Waals surface area contributed by atoms with E-state index in [9.17, 15) is 23.1 Å². The van der Waals surface area contributed by atoms with E-state index in [4.69, 9.17) is 9.72 Å². The number of halogens is 3. The number of hydrogen-bond donors (Lipinski definition) is 1. The molecule has 0 aliphatic carbocycles. The van der Waals surface area contributed by atoms with Crippen molar-refractivity contribution in [1.82, 2.24) is 14.5 Å². The van der Waals surface area contributed by atoms with Gasteiger partial charge in [-0.2, -0.15) is 0 Å². The predicted molar refractivity (Wildman–Crippen MR) is 143 cm³/mol. The van der Waals surface area contributed by atoms with Gasteiger partial charge in [0.15, 0.2) is 0 Å². The number of carboxylic acid groups (broad SMARTS) is 1. The standard InChI is InChI=1S/C30H26F3N3O4/c1-29(2,28(37)38)16-27-35-25-15-23(39-18-21-10-9-20-5-3-4-6-24(20)34-21)13-14-26(25)36(27)17-19-7-11-22(12-8-19)40-30(31,32)33/h3-15H,16-18H2,1-2H3,(H,37,38). The lowest BCUT2D eigenvalue weighted by atomic mass is 9.89. The Morgan fingerprint density at radius 3 is 2.35 bits per heavy atom. The molecular weight excluding hydrogens is 523 g/mol. The topological polar surface area (TPSA) is 86.5 Å². The monoisotopic (exact) mass is 549 g/mol. The first kappa shape index (κ1) is 27.0. The van der Waals surface area contributed by atoms with Crippen molar-refractivity contribution in [1.29, 1.82) is 0 Å². The van der Waals surface area contributed by atoms with E-state index in [2.05, 4.69) is 9.72 Å². The van der Waals surface area contributed by atoms with Crippen molar-refractivity contribution in [3.8, 4) is 11.5 Å². The van der Waals surface area contributed by atoms with Crippen LogP contribution in [0.15, 0.2) is 78.9 Å². The summed E-state index contributed by atoms with van der Waals surface area (Å²) in [6, 6.07) is 22.7. The van der Waals surface area contributed by atoms with Crippen LogP contribution >= 0.6 is 0 Å². The highest BCUT2D eigenvalue weighted by atomic mass is 19.4. The number of aliphatic carboxylic acids is 1. The summed E-state index contributed by atoms with van der Waals surface area (Å²) in [6.45, 7) is 3.76. The van der Waals surface area contributed by atoms with Gasteiger partial charge >= 0.3 is 12.3 Å². The molecule has 5 aromatic rings. The molecule has 0 fully saturated rings. The number of rotatable bonds is 9. The largest absolute Gasteiger partial charge is 0.573 e. The summed E-state index contributed by atoms with van der Waals surface area (Å²) in [5.41, 5.74) is 2.60. The molecule has 10 heteroatoms. The summed E-state index contributed by atoms with van der Waals surface area (Å²) in [5, 5.41) is 10.7. The molecule has 0 bridgehead atoms. The molecule has 2 heterocycles. The van der Waals surface area contributed by atoms with Crippen molar-refractivity contribution < 1.29 is 32.5 Å². The molecule has 0 saturated heterocycles. The van der Waals surface area contributed by atoms with E-state index in [0.29, 0.717) is 22.7 Å². The first-order valence-electron chi connectivity index (χ1n) is 12.5. The number of alkyl halides is 3. The third-order valence-corrected chi connectivity index (χ3v) is 6.52. The minimum Gasteiger partial charge on any atom is -0.487 e. The third kappa shape index (κ3) is 6.17. The number of aromatic nitrogens is 3. The summed E-state index contributed by atoms with van der Waals surface area (Å²) in [7, 11) is 0. The molecule has 5 rings (SSSR count). The Bertz CT molecular complexity index is 1680. The lowest BCUT2D eigenvalue weighted by molar-refractivity contribution is -0.274. The van der Waals surface area contributed by atoms with Gasteiger partial charge in [0.25, 0.3) is 0 Å².